The molecule has 32 heavy (non-hydrogen) atoms. The molecule has 0 bridgehead atoms. The van der Waals surface area contributed by atoms with Crippen molar-refractivity contribution in [3.63, 3.8) is 0 Å². The van der Waals surface area contributed by atoms with Crippen LogP contribution in [0.25, 0.3) is 11.3 Å². The van der Waals surface area contributed by atoms with Crippen molar-refractivity contribution < 1.29 is 14.1 Å². The molecule has 0 radical (unpaired) electrons. The van der Waals surface area contributed by atoms with Gasteiger partial charge in [-0.1, -0.05) is 17.3 Å². The molecule has 1 saturated heterocycles. The lowest BCUT2D eigenvalue weighted by Crippen LogP contribution is -2.40. The van der Waals surface area contributed by atoms with Crippen molar-refractivity contribution in [2.24, 2.45) is 0 Å². The van der Waals surface area contributed by atoms with Crippen LogP contribution < -0.4 is 9.64 Å². The fraction of sp³-hybridized carbons (Fsp3) is 0.417. The molecule has 3 heterocycles. The molecule has 4 rings (SSSR count). The van der Waals surface area contributed by atoms with Gasteiger partial charge in [0.25, 0.3) is 0 Å². The number of carbonyl (C=O) groups is 1. The fourth-order valence-electron chi connectivity index (χ4n) is 4.07. The van der Waals surface area contributed by atoms with Crippen LogP contribution in [-0.4, -0.2) is 53.7 Å². The van der Waals surface area contributed by atoms with E-state index in [1.165, 1.54) is 0 Å². The summed E-state index contributed by atoms with van der Waals surface area (Å²) in [6, 6.07) is 9.38. The van der Waals surface area contributed by atoms with Crippen LogP contribution in [0.3, 0.4) is 0 Å². The van der Waals surface area contributed by atoms with Gasteiger partial charge in [0.2, 0.25) is 11.9 Å². The van der Waals surface area contributed by atoms with Gasteiger partial charge in [0, 0.05) is 32.9 Å². The molecule has 0 N–H and O–H groups in total. The number of nitrogens with zero attached hydrogens (tertiary/aromatic N) is 5. The van der Waals surface area contributed by atoms with Crippen LogP contribution in [0.15, 0.2) is 41.1 Å². The van der Waals surface area contributed by atoms with Crippen molar-refractivity contribution in [2.45, 2.75) is 38.6 Å². The van der Waals surface area contributed by atoms with Gasteiger partial charge in [0.15, 0.2) is 5.76 Å². The summed E-state index contributed by atoms with van der Waals surface area (Å²) in [4.78, 5) is 26.6. The highest BCUT2D eigenvalue weighted by Crippen LogP contribution is 2.37. The van der Waals surface area contributed by atoms with Gasteiger partial charge in [0.1, 0.15) is 5.75 Å². The average Bonchev–Trinajstić information content (AvgIpc) is 3.25. The molecule has 3 aromatic rings. The van der Waals surface area contributed by atoms with E-state index in [1.807, 2.05) is 61.2 Å². The summed E-state index contributed by atoms with van der Waals surface area (Å²) in [5.41, 5.74) is 3.34. The Kier molecular flexibility index (Phi) is 6.39. The minimum Gasteiger partial charge on any atom is -0.497 e. The Labute approximate surface area is 188 Å². The van der Waals surface area contributed by atoms with Crippen molar-refractivity contribution in [2.75, 3.05) is 32.6 Å². The lowest BCUT2D eigenvalue weighted by atomic mass is 9.94. The van der Waals surface area contributed by atoms with Crippen LogP contribution in [0.2, 0.25) is 0 Å². The molecular weight excluding hydrogens is 406 g/mol. The number of hydrogen-bond donors (Lipinski definition) is 0. The van der Waals surface area contributed by atoms with E-state index in [4.69, 9.17) is 14.2 Å². The molecule has 1 amide bonds. The Morgan fingerprint density at radius 2 is 2.03 bits per heavy atom. The van der Waals surface area contributed by atoms with Gasteiger partial charge in [-0.05, 0) is 43.9 Å². The Hall–Kier alpha value is -3.42. The summed E-state index contributed by atoms with van der Waals surface area (Å²) >= 11 is 0. The fourth-order valence-corrected chi connectivity index (χ4v) is 4.07. The predicted molar refractivity (Wildman–Crippen MR) is 122 cm³/mol. The minimum absolute atomic E-state index is 0.0876. The first-order valence-electron chi connectivity index (χ1n) is 10.9. The van der Waals surface area contributed by atoms with Gasteiger partial charge >= 0.3 is 0 Å². The van der Waals surface area contributed by atoms with E-state index >= 15 is 0 Å². The lowest BCUT2D eigenvalue weighted by Gasteiger charge is -2.36. The summed E-state index contributed by atoms with van der Waals surface area (Å²) in [6.45, 7) is 2.59. The maximum atomic E-state index is 13.4. The zero-order valence-corrected chi connectivity index (χ0v) is 19.0. The lowest BCUT2D eigenvalue weighted by molar-refractivity contribution is -0.134. The van der Waals surface area contributed by atoms with Crippen molar-refractivity contribution >= 4 is 11.9 Å². The smallest absolute Gasteiger partial charge is 0.227 e. The number of methoxy groups -OCH3 is 1. The number of piperidine rings is 1. The highest BCUT2D eigenvalue weighted by Gasteiger charge is 2.32. The molecule has 1 aliphatic heterocycles. The number of aryl methyl sites for hydroxylation is 1. The number of anilines is 1. The number of carbonyl (C=O) groups excluding carboxylic acids is 1. The van der Waals surface area contributed by atoms with E-state index in [2.05, 4.69) is 10.1 Å². The minimum atomic E-state index is -0.142. The van der Waals surface area contributed by atoms with Crippen LogP contribution >= 0.6 is 0 Å². The number of rotatable bonds is 6. The van der Waals surface area contributed by atoms with E-state index in [1.54, 1.807) is 13.3 Å². The van der Waals surface area contributed by atoms with Gasteiger partial charge < -0.3 is 19.1 Å². The van der Waals surface area contributed by atoms with Gasteiger partial charge in [-0.3, -0.25) is 4.79 Å². The van der Waals surface area contributed by atoms with Crippen LogP contribution in [0, 0.1) is 6.92 Å². The number of likely N-dealkylation sites (tertiary alicyclic amines) is 1. The molecule has 1 aliphatic rings. The molecule has 1 fully saturated rings. The van der Waals surface area contributed by atoms with Gasteiger partial charge in [-0.25, -0.2) is 9.97 Å². The number of benzene rings is 1. The van der Waals surface area contributed by atoms with Crippen molar-refractivity contribution in [1.82, 2.24) is 20.0 Å². The predicted octanol–water partition coefficient (Wildman–Crippen LogP) is 3.81. The first-order chi connectivity index (χ1) is 15.5. The van der Waals surface area contributed by atoms with E-state index < -0.39 is 0 Å². The normalized spacial score (nSPS) is 16.1. The molecular formula is C24H29N5O3. The van der Waals surface area contributed by atoms with E-state index in [0.717, 1.165) is 47.5 Å². The highest BCUT2D eigenvalue weighted by atomic mass is 16.5. The summed E-state index contributed by atoms with van der Waals surface area (Å²) in [5, 5.41) is 4.03. The Morgan fingerprint density at radius 1 is 1.25 bits per heavy atom. The molecule has 0 aliphatic carbocycles. The van der Waals surface area contributed by atoms with Gasteiger partial charge in [-0.15, -0.1) is 0 Å². The second-order valence-electron chi connectivity index (χ2n) is 8.32. The zero-order chi connectivity index (χ0) is 22.7. The number of ether oxygens (including phenoxy) is 1. The standard InChI is InChI=1S/C24H29N5O3/c1-16-13-21(32-27-16)19-15-25-24(28(2)3)26-23(19)20-7-5-6-12-29(20)22(30)14-17-8-10-18(31-4)11-9-17/h8-11,13,15,20H,5-7,12,14H2,1-4H3/t20-/m1/s1. The molecule has 2 aromatic heterocycles. The molecule has 1 atom stereocenters. The molecule has 168 valence electrons. The Morgan fingerprint density at radius 3 is 2.69 bits per heavy atom. The number of amides is 1. The second kappa shape index (κ2) is 9.38. The molecule has 8 nitrogen and oxygen atoms in total. The van der Waals surface area contributed by atoms with Crippen molar-refractivity contribution in [3.8, 4) is 17.1 Å². The van der Waals surface area contributed by atoms with Crippen LogP contribution in [-0.2, 0) is 11.2 Å². The van der Waals surface area contributed by atoms with Gasteiger partial charge in [-0.2, -0.15) is 0 Å². The van der Waals surface area contributed by atoms with Crippen molar-refractivity contribution in [3.05, 3.63) is 53.5 Å². The van der Waals surface area contributed by atoms with Crippen LogP contribution in [0.5, 0.6) is 5.75 Å². The summed E-state index contributed by atoms with van der Waals surface area (Å²) < 4.78 is 10.8. The average molecular weight is 436 g/mol. The maximum Gasteiger partial charge on any atom is 0.227 e. The zero-order valence-electron chi connectivity index (χ0n) is 19.0. The van der Waals surface area contributed by atoms with Gasteiger partial charge in [0.05, 0.1) is 36.5 Å². The summed E-state index contributed by atoms with van der Waals surface area (Å²) in [5.74, 6) is 2.09. The Bertz CT molecular complexity index is 1080. The van der Waals surface area contributed by atoms with Crippen molar-refractivity contribution in [1.29, 1.82) is 0 Å². The quantitative estimate of drug-likeness (QED) is 0.582. The number of aromatic nitrogens is 3. The summed E-state index contributed by atoms with van der Waals surface area (Å²) in [7, 11) is 5.45. The summed E-state index contributed by atoms with van der Waals surface area (Å²) in [6.07, 6.45) is 4.97. The van der Waals surface area contributed by atoms with E-state index in [-0.39, 0.29) is 11.9 Å². The third-order valence-corrected chi connectivity index (χ3v) is 5.75. The van der Waals surface area contributed by atoms with E-state index in [0.29, 0.717) is 24.7 Å². The topological polar surface area (TPSA) is 84.6 Å². The monoisotopic (exact) mass is 435 g/mol. The maximum absolute atomic E-state index is 13.4. The molecule has 1 aromatic carbocycles. The first kappa shape index (κ1) is 21.8. The molecule has 0 saturated carbocycles. The third kappa shape index (κ3) is 4.59. The first-order valence-corrected chi connectivity index (χ1v) is 10.9. The number of hydrogen-bond acceptors (Lipinski definition) is 7. The second-order valence-corrected chi connectivity index (χ2v) is 8.32. The van der Waals surface area contributed by atoms with Crippen LogP contribution in [0.4, 0.5) is 5.95 Å². The molecule has 0 unspecified atom stereocenters. The molecule has 8 heteroatoms. The highest BCUT2D eigenvalue weighted by molar-refractivity contribution is 5.80. The Balaban J connectivity index is 1.67. The largest absolute Gasteiger partial charge is 0.497 e. The van der Waals surface area contributed by atoms with E-state index in [9.17, 15) is 4.79 Å². The molecule has 0 spiro atoms. The SMILES string of the molecule is COc1ccc(CC(=O)N2CCCC[C@@H]2c2nc(N(C)C)ncc2-c2cc(C)no2)cc1. The third-order valence-electron chi connectivity index (χ3n) is 5.75. The van der Waals surface area contributed by atoms with Crippen LogP contribution in [0.1, 0.15) is 42.3 Å².